The highest BCUT2D eigenvalue weighted by atomic mass is 32.2. The summed E-state index contributed by atoms with van der Waals surface area (Å²) >= 11 is 0. The van der Waals surface area contributed by atoms with E-state index in [0.29, 0.717) is 17.1 Å². The van der Waals surface area contributed by atoms with Crippen LogP contribution in [0.1, 0.15) is 25.5 Å². The number of sulfonamides is 1. The van der Waals surface area contributed by atoms with Crippen LogP contribution >= 0.6 is 0 Å². The van der Waals surface area contributed by atoms with E-state index < -0.39 is 21.7 Å². The number of halogens is 2. The first-order chi connectivity index (χ1) is 13.8. The number of hydrogen-bond acceptors (Lipinski definition) is 4. The minimum Gasteiger partial charge on any atom is -0.364 e. The fourth-order valence-electron chi connectivity index (χ4n) is 2.92. The minimum atomic E-state index is -3.76. The van der Waals surface area contributed by atoms with Crippen molar-refractivity contribution in [2.75, 3.05) is 16.2 Å². The predicted molar refractivity (Wildman–Crippen MR) is 109 cm³/mol. The Morgan fingerprint density at radius 2 is 1.76 bits per heavy atom. The van der Waals surface area contributed by atoms with E-state index in [0.717, 1.165) is 12.1 Å². The third-order valence-electron chi connectivity index (χ3n) is 4.46. The van der Waals surface area contributed by atoms with E-state index in [-0.39, 0.29) is 17.5 Å². The maximum Gasteiger partial charge on any atom is 0.265 e. The average molecular weight is 417 g/mol. The van der Waals surface area contributed by atoms with Crippen LogP contribution in [0.2, 0.25) is 0 Å². The van der Waals surface area contributed by atoms with Crippen molar-refractivity contribution in [1.82, 2.24) is 4.98 Å². The van der Waals surface area contributed by atoms with Crippen LogP contribution in [0.5, 0.6) is 0 Å². The summed E-state index contributed by atoms with van der Waals surface area (Å²) in [6.07, 6.45) is 1.28. The predicted octanol–water partition coefficient (Wildman–Crippen LogP) is 4.75. The Morgan fingerprint density at radius 3 is 2.34 bits per heavy atom. The van der Waals surface area contributed by atoms with Gasteiger partial charge in [0, 0.05) is 12.7 Å². The van der Waals surface area contributed by atoms with Gasteiger partial charge in [0.1, 0.15) is 10.7 Å². The molecule has 2 aromatic carbocycles. The molecule has 0 amide bonds. The number of nitrogens with zero attached hydrogens (tertiary/aromatic N) is 2. The van der Waals surface area contributed by atoms with Gasteiger partial charge >= 0.3 is 0 Å². The summed E-state index contributed by atoms with van der Waals surface area (Å²) in [5.41, 5.74) is 1.12. The van der Waals surface area contributed by atoms with Crippen LogP contribution in [0.3, 0.4) is 0 Å². The van der Waals surface area contributed by atoms with Crippen molar-refractivity contribution >= 4 is 21.5 Å². The molecule has 0 aliphatic carbocycles. The van der Waals surface area contributed by atoms with Gasteiger partial charge in [0.15, 0.2) is 11.6 Å². The lowest BCUT2D eigenvalue weighted by Gasteiger charge is -2.23. The lowest BCUT2D eigenvalue weighted by atomic mass is 10.1. The summed E-state index contributed by atoms with van der Waals surface area (Å²) in [5.74, 6) is -1.41. The van der Waals surface area contributed by atoms with Crippen molar-refractivity contribution in [1.29, 1.82) is 0 Å². The van der Waals surface area contributed by atoms with E-state index in [1.165, 1.54) is 22.6 Å². The van der Waals surface area contributed by atoms with Crippen molar-refractivity contribution < 1.29 is 17.2 Å². The van der Waals surface area contributed by atoms with Gasteiger partial charge in [-0.15, -0.1) is 0 Å². The van der Waals surface area contributed by atoms with Crippen LogP contribution in [-0.2, 0) is 10.0 Å². The molecule has 0 fully saturated rings. The molecule has 5 nitrogen and oxygen atoms in total. The molecule has 0 saturated carbocycles. The lowest BCUT2D eigenvalue weighted by Crippen LogP contribution is -2.30. The Hall–Kier alpha value is -3.00. The van der Waals surface area contributed by atoms with Gasteiger partial charge in [-0.2, -0.15) is 0 Å². The molecular weight excluding hydrogens is 396 g/mol. The van der Waals surface area contributed by atoms with E-state index in [1.54, 1.807) is 44.2 Å². The third-order valence-corrected chi connectivity index (χ3v) is 6.35. The topological polar surface area (TPSA) is 62.3 Å². The average Bonchev–Trinajstić information content (AvgIpc) is 2.71. The number of hydrogen-bond donors (Lipinski definition) is 1. The fraction of sp³-hybridized carbons (Fsp3) is 0.190. The lowest BCUT2D eigenvalue weighted by molar-refractivity contribution is 0.506. The zero-order chi connectivity index (χ0) is 21.0. The number of aromatic nitrogens is 1. The summed E-state index contributed by atoms with van der Waals surface area (Å²) in [5, 5.41) is 3.05. The van der Waals surface area contributed by atoms with E-state index >= 15 is 0 Å². The van der Waals surface area contributed by atoms with Gasteiger partial charge in [-0.1, -0.05) is 24.3 Å². The normalized spacial score (nSPS) is 12.4. The third kappa shape index (κ3) is 4.54. The molecule has 3 rings (SSSR count). The van der Waals surface area contributed by atoms with E-state index in [1.807, 2.05) is 6.07 Å². The smallest absolute Gasteiger partial charge is 0.265 e. The van der Waals surface area contributed by atoms with Gasteiger partial charge in [-0.05, 0) is 55.8 Å². The maximum absolute atomic E-state index is 13.4. The summed E-state index contributed by atoms with van der Waals surface area (Å²) < 4.78 is 53.8. The van der Waals surface area contributed by atoms with Crippen molar-refractivity contribution in [3.8, 4) is 0 Å². The SMILES string of the molecule is CCN(c1ccccc1)S(=O)(=O)c1ccc(NC(C)c2ccc(F)c(F)c2)nc1. The fourth-order valence-corrected chi connectivity index (χ4v) is 4.34. The standard InChI is InChI=1S/C21H21F2N3O2S/c1-3-26(17-7-5-4-6-8-17)29(27,28)18-10-12-21(24-14-18)25-15(2)16-9-11-19(22)20(23)13-16/h4-15H,3H2,1-2H3,(H,24,25). The van der Waals surface area contributed by atoms with E-state index in [2.05, 4.69) is 10.3 Å². The van der Waals surface area contributed by atoms with E-state index in [4.69, 9.17) is 0 Å². The Balaban J connectivity index is 1.79. The molecule has 0 spiro atoms. The second kappa shape index (κ2) is 8.57. The number of rotatable bonds is 7. The molecule has 1 aromatic heterocycles. The van der Waals surface area contributed by atoms with Gasteiger partial charge in [-0.3, -0.25) is 4.31 Å². The van der Waals surface area contributed by atoms with Crippen LogP contribution in [0.4, 0.5) is 20.3 Å². The second-order valence-corrected chi connectivity index (χ2v) is 8.29. The van der Waals surface area contributed by atoms with Crippen LogP contribution in [0, 0.1) is 11.6 Å². The van der Waals surface area contributed by atoms with Gasteiger partial charge in [-0.25, -0.2) is 22.2 Å². The maximum atomic E-state index is 13.4. The monoisotopic (exact) mass is 417 g/mol. The molecule has 1 N–H and O–H groups in total. The number of nitrogens with one attached hydrogen (secondary N) is 1. The van der Waals surface area contributed by atoms with Crippen molar-refractivity contribution in [2.24, 2.45) is 0 Å². The van der Waals surface area contributed by atoms with Crippen LogP contribution < -0.4 is 9.62 Å². The zero-order valence-electron chi connectivity index (χ0n) is 16.0. The summed E-state index contributed by atoms with van der Waals surface area (Å²) in [6.45, 7) is 3.81. The highest BCUT2D eigenvalue weighted by Crippen LogP contribution is 2.24. The van der Waals surface area contributed by atoms with Crippen molar-refractivity contribution in [3.05, 3.63) is 84.1 Å². The summed E-state index contributed by atoms with van der Waals surface area (Å²) in [4.78, 5) is 4.24. The zero-order valence-corrected chi connectivity index (χ0v) is 16.8. The highest BCUT2D eigenvalue weighted by Gasteiger charge is 2.24. The summed E-state index contributed by atoms with van der Waals surface area (Å²) in [6, 6.07) is 15.2. The minimum absolute atomic E-state index is 0.0641. The highest BCUT2D eigenvalue weighted by molar-refractivity contribution is 7.92. The summed E-state index contributed by atoms with van der Waals surface area (Å²) in [7, 11) is -3.76. The van der Waals surface area contributed by atoms with Crippen molar-refractivity contribution in [3.63, 3.8) is 0 Å². The molecular formula is C21H21F2N3O2S. The first kappa shape index (κ1) is 20.7. The Kier molecular flexibility index (Phi) is 6.12. The molecule has 0 aliphatic rings. The molecule has 0 radical (unpaired) electrons. The number of pyridine rings is 1. The van der Waals surface area contributed by atoms with Gasteiger partial charge in [0.25, 0.3) is 10.0 Å². The van der Waals surface area contributed by atoms with Crippen LogP contribution in [0.15, 0.2) is 71.8 Å². The van der Waals surface area contributed by atoms with Crippen LogP contribution in [0.25, 0.3) is 0 Å². The molecule has 8 heteroatoms. The first-order valence-corrected chi connectivity index (χ1v) is 10.5. The Morgan fingerprint density at radius 1 is 1.03 bits per heavy atom. The van der Waals surface area contributed by atoms with Crippen molar-refractivity contribution in [2.45, 2.75) is 24.8 Å². The van der Waals surface area contributed by atoms with Gasteiger partial charge < -0.3 is 5.32 Å². The van der Waals surface area contributed by atoms with E-state index in [9.17, 15) is 17.2 Å². The Labute approximate surface area is 169 Å². The molecule has 0 aliphatic heterocycles. The van der Waals surface area contributed by atoms with Gasteiger partial charge in [0.05, 0.1) is 11.7 Å². The Bertz CT molecular complexity index is 1070. The molecule has 1 atom stereocenters. The number of anilines is 2. The molecule has 29 heavy (non-hydrogen) atoms. The molecule has 1 unspecified atom stereocenters. The molecule has 152 valence electrons. The quantitative estimate of drug-likeness (QED) is 0.603. The second-order valence-electron chi connectivity index (χ2n) is 6.42. The molecule has 3 aromatic rings. The number of benzene rings is 2. The molecule has 1 heterocycles. The van der Waals surface area contributed by atoms with Crippen LogP contribution in [-0.4, -0.2) is 19.9 Å². The van der Waals surface area contributed by atoms with Gasteiger partial charge in [0.2, 0.25) is 0 Å². The first-order valence-electron chi connectivity index (χ1n) is 9.08. The number of para-hydroxylation sites is 1. The largest absolute Gasteiger partial charge is 0.364 e. The molecule has 0 bridgehead atoms. The molecule has 0 saturated heterocycles.